The van der Waals surface area contributed by atoms with Gasteiger partial charge in [-0.2, -0.15) is 0 Å². The third kappa shape index (κ3) is 3.98. The van der Waals surface area contributed by atoms with Crippen LogP contribution in [0.1, 0.15) is 39.3 Å². The number of halogens is 1. The number of imidazole rings is 1. The van der Waals surface area contributed by atoms with Crippen molar-refractivity contribution in [1.82, 2.24) is 19.6 Å². The topological polar surface area (TPSA) is 75.4 Å². The highest BCUT2D eigenvalue weighted by molar-refractivity contribution is 7.20. The first-order chi connectivity index (χ1) is 13.3. The van der Waals surface area contributed by atoms with Crippen molar-refractivity contribution in [2.75, 3.05) is 23.3 Å². The summed E-state index contributed by atoms with van der Waals surface area (Å²) in [5.41, 5.74) is 1.03. The summed E-state index contributed by atoms with van der Waals surface area (Å²) in [5.74, 6) is 0.400. The number of aromatic nitrogens is 4. The largest absolute Gasteiger partial charge is 0.346 e. The van der Waals surface area contributed by atoms with E-state index in [4.69, 9.17) is 21.7 Å². The number of piperidine rings is 1. The lowest BCUT2D eigenvalue weighted by molar-refractivity contribution is -0.120. The normalized spacial score (nSPS) is 17.9. The first-order valence-corrected chi connectivity index (χ1v) is 10.5. The van der Waals surface area contributed by atoms with Gasteiger partial charge >= 0.3 is 0 Å². The van der Waals surface area contributed by atoms with Crippen molar-refractivity contribution in [1.29, 1.82) is 0 Å². The second kappa shape index (κ2) is 7.33. The fourth-order valence-electron chi connectivity index (χ4n) is 3.22. The van der Waals surface area contributed by atoms with E-state index in [1.807, 2.05) is 10.7 Å². The van der Waals surface area contributed by atoms with Gasteiger partial charge in [-0.25, -0.2) is 14.5 Å². The molecule has 1 amide bonds. The number of nitrogens with zero attached hydrogens (tertiary/aromatic N) is 5. The predicted molar refractivity (Wildman–Crippen MR) is 112 cm³/mol. The summed E-state index contributed by atoms with van der Waals surface area (Å²) in [6.07, 6.45) is 5.32. The maximum atomic E-state index is 12.7. The van der Waals surface area contributed by atoms with E-state index in [1.54, 1.807) is 23.5 Å². The molecule has 4 heterocycles. The van der Waals surface area contributed by atoms with Gasteiger partial charge in [0, 0.05) is 24.7 Å². The minimum Gasteiger partial charge on any atom is -0.346 e. The van der Waals surface area contributed by atoms with Crippen molar-refractivity contribution < 1.29 is 4.79 Å². The number of rotatable bonds is 3. The lowest BCUT2D eigenvalue weighted by atomic mass is 9.93. The quantitative estimate of drug-likeness (QED) is 0.695. The van der Waals surface area contributed by atoms with Crippen LogP contribution in [-0.2, 0) is 10.2 Å². The zero-order valence-electron chi connectivity index (χ0n) is 16.1. The molecule has 1 atom stereocenters. The SMILES string of the molecule is CC(C)(C)c1cn2nc(N3CCCC(C(=O)Nc4ccc(Cl)cn4)C3)sc2n1. The van der Waals surface area contributed by atoms with Crippen LogP contribution >= 0.6 is 22.9 Å². The number of hydrogen-bond donors (Lipinski definition) is 1. The first-order valence-electron chi connectivity index (χ1n) is 9.34. The van der Waals surface area contributed by atoms with Gasteiger partial charge in [0.05, 0.1) is 22.8 Å². The third-order valence-corrected chi connectivity index (χ3v) is 6.05. The van der Waals surface area contributed by atoms with E-state index in [0.717, 1.165) is 35.2 Å². The fraction of sp³-hybridized carbons (Fsp3) is 0.474. The summed E-state index contributed by atoms with van der Waals surface area (Å²) < 4.78 is 1.85. The fourth-order valence-corrected chi connectivity index (χ4v) is 4.25. The number of nitrogens with one attached hydrogen (secondary N) is 1. The monoisotopic (exact) mass is 418 g/mol. The molecule has 0 saturated carbocycles. The average Bonchev–Trinajstić information content (AvgIpc) is 3.23. The van der Waals surface area contributed by atoms with Crippen molar-refractivity contribution in [2.24, 2.45) is 5.92 Å². The molecule has 7 nitrogen and oxygen atoms in total. The Labute approximate surface area is 172 Å². The first kappa shape index (κ1) is 19.1. The standard InChI is InChI=1S/C19H23ClN6OS/c1-19(2,3)14-11-26-17(22-14)28-18(24-26)25-8-4-5-12(10-25)16(27)23-15-7-6-13(20)9-21-15/h6-7,9,11-12H,4-5,8,10H2,1-3H3,(H,21,23,27). The molecule has 148 valence electrons. The van der Waals surface area contributed by atoms with E-state index >= 15 is 0 Å². The summed E-state index contributed by atoms with van der Waals surface area (Å²) in [6, 6.07) is 3.43. The molecule has 1 saturated heterocycles. The van der Waals surface area contributed by atoms with E-state index in [9.17, 15) is 4.79 Å². The highest BCUT2D eigenvalue weighted by Crippen LogP contribution is 2.30. The Balaban J connectivity index is 1.45. The zero-order valence-corrected chi connectivity index (χ0v) is 17.7. The number of hydrogen-bond acceptors (Lipinski definition) is 6. The molecule has 3 aromatic rings. The maximum Gasteiger partial charge on any atom is 0.230 e. The van der Waals surface area contributed by atoms with Crippen LogP contribution in [0.4, 0.5) is 10.9 Å². The van der Waals surface area contributed by atoms with Crippen LogP contribution in [0.15, 0.2) is 24.5 Å². The van der Waals surface area contributed by atoms with E-state index in [2.05, 4.69) is 36.0 Å². The van der Waals surface area contributed by atoms with E-state index in [-0.39, 0.29) is 17.2 Å². The van der Waals surface area contributed by atoms with Crippen LogP contribution in [-0.4, -0.2) is 38.6 Å². The molecular weight excluding hydrogens is 396 g/mol. The molecular formula is C19H23ClN6OS. The number of anilines is 2. The number of amides is 1. The molecule has 3 aromatic heterocycles. The minimum atomic E-state index is -0.104. The highest BCUT2D eigenvalue weighted by atomic mass is 35.5. The van der Waals surface area contributed by atoms with Crippen LogP contribution in [0.5, 0.6) is 0 Å². The van der Waals surface area contributed by atoms with Crippen molar-refractivity contribution in [2.45, 2.75) is 39.0 Å². The average molecular weight is 419 g/mol. The lowest BCUT2D eigenvalue weighted by Gasteiger charge is -2.31. The Morgan fingerprint density at radius 1 is 1.36 bits per heavy atom. The minimum absolute atomic E-state index is 0.00239. The second-order valence-electron chi connectivity index (χ2n) is 8.12. The smallest absolute Gasteiger partial charge is 0.230 e. The van der Waals surface area contributed by atoms with Gasteiger partial charge in [0.1, 0.15) is 5.82 Å². The van der Waals surface area contributed by atoms with Gasteiger partial charge in [-0.15, -0.1) is 5.10 Å². The van der Waals surface area contributed by atoms with Crippen LogP contribution in [0.3, 0.4) is 0 Å². The summed E-state index contributed by atoms with van der Waals surface area (Å²) in [5, 5.41) is 9.04. The highest BCUT2D eigenvalue weighted by Gasteiger charge is 2.28. The predicted octanol–water partition coefficient (Wildman–Crippen LogP) is 3.99. The molecule has 0 radical (unpaired) electrons. The van der Waals surface area contributed by atoms with Crippen LogP contribution in [0.25, 0.3) is 4.96 Å². The Morgan fingerprint density at radius 2 is 2.18 bits per heavy atom. The zero-order chi connectivity index (χ0) is 19.9. The molecule has 0 aliphatic carbocycles. The van der Waals surface area contributed by atoms with E-state index in [0.29, 0.717) is 17.4 Å². The summed E-state index contributed by atoms with van der Waals surface area (Å²) in [4.78, 5) is 24.6. The number of pyridine rings is 1. The Morgan fingerprint density at radius 3 is 2.86 bits per heavy atom. The van der Waals surface area contributed by atoms with Crippen LogP contribution in [0, 0.1) is 5.92 Å². The molecule has 1 aliphatic heterocycles. The number of fused-ring (bicyclic) bond motifs is 1. The summed E-state index contributed by atoms with van der Waals surface area (Å²) >= 11 is 7.42. The van der Waals surface area contributed by atoms with Gasteiger partial charge in [0.25, 0.3) is 0 Å². The Hall–Kier alpha value is -2.19. The van der Waals surface area contributed by atoms with Gasteiger partial charge in [-0.3, -0.25) is 4.79 Å². The molecule has 9 heteroatoms. The molecule has 1 unspecified atom stereocenters. The van der Waals surface area contributed by atoms with Crippen molar-refractivity contribution >= 4 is 44.8 Å². The molecule has 4 rings (SSSR count). The van der Waals surface area contributed by atoms with Crippen molar-refractivity contribution in [3.63, 3.8) is 0 Å². The molecule has 1 aliphatic rings. The molecule has 0 bridgehead atoms. The van der Waals surface area contributed by atoms with Gasteiger partial charge < -0.3 is 10.2 Å². The molecule has 1 N–H and O–H groups in total. The summed E-state index contributed by atoms with van der Waals surface area (Å²) in [7, 11) is 0. The molecule has 1 fully saturated rings. The van der Waals surface area contributed by atoms with Crippen molar-refractivity contribution in [3.8, 4) is 0 Å². The summed E-state index contributed by atoms with van der Waals surface area (Å²) in [6.45, 7) is 7.96. The van der Waals surface area contributed by atoms with Crippen LogP contribution < -0.4 is 10.2 Å². The van der Waals surface area contributed by atoms with E-state index < -0.39 is 0 Å². The number of carbonyl (C=O) groups excluding carboxylic acids is 1. The van der Waals surface area contributed by atoms with Crippen LogP contribution in [0.2, 0.25) is 5.02 Å². The third-order valence-electron chi connectivity index (χ3n) is 4.84. The number of carbonyl (C=O) groups is 1. The molecule has 0 aromatic carbocycles. The lowest BCUT2D eigenvalue weighted by Crippen LogP contribution is -2.40. The Kier molecular flexibility index (Phi) is 5.01. The maximum absolute atomic E-state index is 12.7. The van der Waals surface area contributed by atoms with E-state index in [1.165, 1.54) is 6.20 Å². The Bertz CT molecular complexity index is 959. The van der Waals surface area contributed by atoms with Gasteiger partial charge in [-0.05, 0) is 25.0 Å². The van der Waals surface area contributed by atoms with Gasteiger partial charge in [0.2, 0.25) is 16.0 Å². The second-order valence-corrected chi connectivity index (χ2v) is 9.49. The van der Waals surface area contributed by atoms with Crippen molar-refractivity contribution in [3.05, 3.63) is 35.2 Å². The molecule has 28 heavy (non-hydrogen) atoms. The van der Waals surface area contributed by atoms with Gasteiger partial charge in [0.15, 0.2) is 0 Å². The van der Waals surface area contributed by atoms with Gasteiger partial charge in [-0.1, -0.05) is 43.7 Å². The molecule has 0 spiro atoms.